The first-order valence-electron chi connectivity index (χ1n) is 9.48. The summed E-state index contributed by atoms with van der Waals surface area (Å²) < 4.78 is 1.77. The number of rotatable bonds is 5. The van der Waals surface area contributed by atoms with E-state index in [2.05, 4.69) is 15.7 Å². The van der Waals surface area contributed by atoms with Crippen molar-refractivity contribution in [1.29, 1.82) is 0 Å². The van der Waals surface area contributed by atoms with Crippen LogP contribution in [0.3, 0.4) is 0 Å². The molecule has 8 heteroatoms. The van der Waals surface area contributed by atoms with Crippen molar-refractivity contribution in [3.63, 3.8) is 0 Å². The molecule has 0 radical (unpaired) electrons. The van der Waals surface area contributed by atoms with Gasteiger partial charge in [0.25, 0.3) is 0 Å². The number of hydrogen-bond donors (Lipinski definition) is 2. The van der Waals surface area contributed by atoms with Crippen molar-refractivity contribution in [2.45, 2.75) is 25.3 Å². The number of hydrogen-bond acceptors (Lipinski definition) is 4. The lowest BCUT2D eigenvalue weighted by molar-refractivity contribution is -0.125. The van der Waals surface area contributed by atoms with Gasteiger partial charge in [-0.1, -0.05) is 12.1 Å². The van der Waals surface area contributed by atoms with E-state index in [4.69, 9.17) is 0 Å². The average molecular weight is 404 g/mol. The van der Waals surface area contributed by atoms with Crippen LogP contribution in [-0.2, 0) is 23.2 Å². The van der Waals surface area contributed by atoms with Gasteiger partial charge in [-0.05, 0) is 29.7 Å². The Morgan fingerprint density at radius 1 is 1.36 bits per heavy atom. The van der Waals surface area contributed by atoms with Crippen molar-refractivity contribution in [2.24, 2.45) is 13.0 Å². The Morgan fingerprint density at radius 2 is 2.21 bits per heavy atom. The Bertz CT molecular complexity index is 853. The first-order valence-corrected chi connectivity index (χ1v) is 9.48. The summed E-state index contributed by atoms with van der Waals surface area (Å²) in [6.07, 6.45) is 5.35. The van der Waals surface area contributed by atoms with Crippen molar-refractivity contribution < 1.29 is 9.59 Å². The number of benzene rings is 1. The van der Waals surface area contributed by atoms with Gasteiger partial charge in [-0.15, -0.1) is 12.4 Å². The van der Waals surface area contributed by atoms with Gasteiger partial charge in [-0.25, -0.2) is 0 Å². The number of nitrogens with zero attached hydrogens (tertiary/aromatic N) is 3. The molecule has 2 N–H and O–H groups in total. The molecule has 4 rings (SSSR count). The molecule has 3 heterocycles. The first-order chi connectivity index (χ1) is 13.1. The van der Waals surface area contributed by atoms with E-state index in [-0.39, 0.29) is 36.1 Å². The van der Waals surface area contributed by atoms with Crippen LogP contribution in [0, 0.1) is 5.92 Å². The molecule has 150 valence electrons. The van der Waals surface area contributed by atoms with E-state index in [1.165, 1.54) is 0 Å². The summed E-state index contributed by atoms with van der Waals surface area (Å²) in [6.45, 7) is 2.70. The molecular formula is C20H26ClN5O2. The lowest BCUT2D eigenvalue weighted by Gasteiger charge is -2.18. The smallest absolute Gasteiger partial charge is 0.227 e. The second-order valence-corrected chi connectivity index (χ2v) is 7.36. The molecule has 7 nitrogen and oxygen atoms in total. The van der Waals surface area contributed by atoms with Crippen LogP contribution in [0.2, 0.25) is 0 Å². The number of aromatic nitrogens is 2. The maximum Gasteiger partial charge on any atom is 0.227 e. The minimum atomic E-state index is -0.0995. The third-order valence-electron chi connectivity index (χ3n) is 5.47. The van der Waals surface area contributed by atoms with Crippen LogP contribution >= 0.6 is 12.4 Å². The maximum atomic E-state index is 12.8. The van der Waals surface area contributed by atoms with Gasteiger partial charge in [0, 0.05) is 57.4 Å². The van der Waals surface area contributed by atoms with Crippen LogP contribution in [-0.4, -0.2) is 41.2 Å². The van der Waals surface area contributed by atoms with Crippen LogP contribution in [0.15, 0.2) is 36.7 Å². The van der Waals surface area contributed by atoms with Crippen molar-refractivity contribution in [1.82, 2.24) is 20.4 Å². The summed E-state index contributed by atoms with van der Waals surface area (Å²) in [6, 6.07) is 7.87. The second-order valence-electron chi connectivity index (χ2n) is 7.36. The SMILES string of the molecule is Cl.Cn1cc([C@H]2CNC[C@@H]2C(=O)NCc2cccc(N3CCCC3=O)c2)cn1. The van der Waals surface area contributed by atoms with Crippen LogP contribution in [0.4, 0.5) is 5.69 Å². The minimum absolute atomic E-state index is 0. The molecule has 0 unspecified atom stereocenters. The average Bonchev–Trinajstić information content (AvgIpc) is 3.40. The van der Waals surface area contributed by atoms with Crippen molar-refractivity contribution >= 4 is 29.9 Å². The molecular weight excluding hydrogens is 378 g/mol. The summed E-state index contributed by atoms with van der Waals surface area (Å²) in [5, 5.41) is 10.6. The van der Waals surface area contributed by atoms with Gasteiger partial charge in [-0.3, -0.25) is 14.3 Å². The summed E-state index contributed by atoms with van der Waals surface area (Å²) in [4.78, 5) is 26.5. The molecule has 2 aromatic rings. The number of anilines is 1. The first kappa shape index (κ1) is 20.4. The minimum Gasteiger partial charge on any atom is -0.352 e. The van der Waals surface area contributed by atoms with Crippen LogP contribution in [0.1, 0.15) is 29.9 Å². The molecule has 0 bridgehead atoms. The molecule has 2 atom stereocenters. The largest absolute Gasteiger partial charge is 0.352 e. The summed E-state index contributed by atoms with van der Waals surface area (Å²) in [5.74, 6) is 0.272. The van der Waals surface area contributed by atoms with Gasteiger partial charge in [0.05, 0.1) is 12.1 Å². The molecule has 0 aliphatic carbocycles. The Balaban J connectivity index is 0.00000225. The fourth-order valence-electron chi connectivity index (χ4n) is 4.01. The summed E-state index contributed by atoms with van der Waals surface area (Å²) in [5.41, 5.74) is 3.02. The van der Waals surface area contributed by atoms with Gasteiger partial charge >= 0.3 is 0 Å². The summed E-state index contributed by atoms with van der Waals surface area (Å²) in [7, 11) is 1.89. The molecule has 1 aromatic carbocycles. The van der Waals surface area contributed by atoms with Crippen molar-refractivity contribution in [2.75, 3.05) is 24.5 Å². The molecule has 0 saturated carbocycles. The summed E-state index contributed by atoms with van der Waals surface area (Å²) >= 11 is 0. The van der Waals surface area contributed by atoms with E-state index in [0.717, 1.165) is 36.3 Å². The lowest BCUT2D eigenvalue weighted by atomic mass is 9.90. The highest BCUT2D eigenvalue weighted by atomic mass is 35.5. The third-order valence-corrected chi connectivity index (χ3v) is 5.47. The molecule has 2 fully saturated rings. The fourth-order valence-corrected chi connectivity index (χ4v) is 4.01. The Labute approximate surface area is 170 Å². The zero-order valence-electron chi connectivity index (χ0n) is 15.9. The van der Waals surface area contributed by atoms with Crippen LogP contribution in [0.5, 0.6) is 0 Å². The Morgan fingerprint density at radius 3 is 2.93 bits per heavy atom. The van der Waals surface area contributed by atoms with E-state index in [1.807, 2.05) is 48.6 Å². The second kappa shape index (κ2) is 8.75. The Hall–Kier alpha value is -2.38. The molecule has 28 heavy (non-hydrogen) atoms. The number of carbonyl (C=O) groups excluding carboxylic acids is 2. The van der Waals surface area contributed by atoms with Crippen molar-refractivity contribution in [3.05, 3.63) is 47.8 Å². The zero-order chi connectivity index (χ0) is 18.8. The quantitative estimate of drug-likeness (QED) is 0.794. The van der Waals surface area contributed by atoms with E-state index < -0.39 is 0 Å². The molecule has 2 aliphatic rings. The molecule has 1 aromatic heterocycles. The van der Waals surface area contributed by atoms with E-state index in [0.29, 0.717) is 19.5 Å². The maximum absolute atomic E-state index is 12.8. The molecule has 2 saturated heterocycles. The normalized spacial score (nSPS) is 21.6. The lowest BCUT2D eigenvalue weighted by Crippen LogP contribution is -2.34. The van der Waals surface area contributed by atoms with Crippen molar-refractivity contribution in [3.8, 4) is 0 Å². The highest BCUT2D eigenvalue weighted by Crippen LogP contribution is 2.28. The number of halogens is 1. The van der Waals surface area contributed by atoms with Gasteiger partial charge in [0.2, 0.25) is 11.8 Å². The van der Waals surface area contributed by atoms with Gasteiger partial charge < -0.3 is 15.5 Å². The van der Waals surface area contributed by atoms with Crippen LogP contribution in [0.25, 0.3) is 0 Å². The zero-order valence-corrected chi connectivity index (χ0v) is 16.7. The van der Waals surface area contributed by atoms with Crippen LogP contribution < -0.4 is 15.5 Å². The topological polar surface area (TPSA) is 79.3 Å². The number of nitrogens with one attached hydrogen (secondary N) is 2. The standard InChI is InChI=1S/C20H25N5O2.ClH/c1-24-13-15(10-23-24)17-11-21-12-18(17)20(27)22-9-14-4-2-5-16(8-14)25-7-3-6-19(25)26;/h2,4-5,8,10,13,17-18,21H,3,6-7,9,11-12H2,1H3,(H,22,27);1H/t17-,18+;/m1./s1. The molecule has 2 amide bonds. The van der Waals surface area contributed by atoms with E-state index in [9.17, 15) is 9.59 Å². The van der Waals surface area contributed by atoms with Gasteiger partial charge in [0.1, 0.15) is 0 Å². The van der Waals surface area contributed by atoms with E-state index in [1.54, 1.807) is 4.68 Å². The van der Waals surface area contributed by atoms with Gasteiger partial charge in [0.15, 0.2) is 0 Å². The number of carbonyl (C=O) groups is 2. The highest BCUT2D eigenvalue weighted by Gasteiger charge is 2.34. The number of amides is 2. The Kier molecular flexibility index (Phi) is 6.36. The predicted molar refractivity (Wildman–Crippen MR) is 109 cm³/mol. The van der Waals surface area contributed by atoms with Gasteiger partial charge in [-0.2, -0.15) is 5.10 Å². The molecule has 0 spiro atoms. The highest BCUT2D eigenvalue weighted by molar-refractivity contribution is 5.95. The number of aryl methyl sites for hydroxylation is 1. The third kappa shape index (κ3) is 4.20. The fraction of sp³-hybridized carbons (Fsp3) is 0.450. The van der Waals surface area contributed by atoms with E-state index >= 15 is 0 Å². The predicted octanol–water partition coefficient (Wildman–Crippen LogP) is 1.59. The monoisotopic (exact) mass is 403 g/mol. The molecule has 2 aliphatic heterocycles.